The molecule has 0 unspecified atom stereocenters. The van der Waals surface area contributed by atoms with E-state index in [4.69, 9.17) is 9.47 Å². The predicted octanol–water partition coefficient (Wildman–Crippen LogP) is 15.8. The Morgan fingerprint density at radius 1 is 0.466 bits per heavy atom. The number of rotatable bonds is 5. The largest absolute Gasteiger partial charge is 0.458 e. The number of benzene rings is 8. The van der Waals surface area contributed by atoms with Crippen LogP contribution in [0.15, 0.2) is 181 Å². The van der Waals surface area contributed by atoms with Crippen molar-refractivity contribution in [1.82, 2.24) is 4.57 Å². The van der Waals surface area contributed by atoms with E-state index in [0.717, 1.165) is 78.6 Å². The van der Waals surface area contributed by atoms with Crippen molar-refractivity contribution in [1.29, 1.82) is 0 Å². The molecule has 0 radical (unpaired) electrons. The Morgan fingerprint density at radius 3 is 1.88 bits per heavy atom. The minimum Gasteiger partial charge on any atom is -0.458 e. The quantitative estimate of drug-likeness (QED) is 0.161. The van der Waals surface area contributed by atoms with E-state index in [1.807, 2.05) is 0 Å². The minimum atomic E-state index is -0.188. The first-order valence-corrected chi connectivity index (χ1v) is 26.6. The molecule has 0 atom stereocenters. The van der Waals surface area contributed by atoms with Gasteiger partial charge in [-0.3, -0.25) is 0 Å². The lowest BCUT2D eigenvalue weighted by molar-refractivity contribution is 0.363. The standard InChI is InChI=1S/C67H60BN3O2/c1-66(2,3)44-36-50(42-20-9-7-10-21-42)65(51(37-44)43-22-11-8-12-23-43)71-58-40-46(69-54-26-14-13-24-48(54)49-25-19-29-55(49)69)32-34-52(58)68-53-35-33-47(41-62(53)73-63-39-45(67(4,5)6)38-59(71)64(63)68)70-56-27-15-17-30-60(56)72-61-31-18-16-28-57(61)70/h7-15,17,20-24,26-27,30,32-41H,16,18-19,25,28-29,31H2,1-6H3. The molecule has 1 aromatic heterocycles. The van der Waals surface area contributed by atoms with Crippen LogP contribution in [0.25, 0.3) is 38.8 Å². The van der Waals surface area contributed by atoms with Crippen LogP contribution in [-0.2, 0) is 23.7 Å². The highest BCUT2D eigenvalue weighted by Gasteiger charge is 2.45. The molecule has 8 aromatic carbocycles. The van der Waals surface area contributed by atoms with Crippen molar-refractivity contribution in [3.05, 3.63) is 204 Å². The zero-order valence-corrected chi connectivity index (χ0v) is 42.9. The maximum Gasteiger partial charge on any atom is 0.256 e. The number of fused-ring (bicyclic) bond motifs is 8. The predicted molar refractivity (Wildman–Crippen MR) is 304 cm³/mol. The van der Waals surface area contributed by atoms with Gasteiger partial charge in [-0.15, -0.1) is 0 Å². The van der Waals surface area contributed by atoms with Gasteiger partial charge in [-0.1, -0.05) is 145 Å². The summed E-state index contributed by atoms with van der Waals surface area (Å²) in [5, 5.41) is 1.37. The maximum atomic E-state index is 7.48. The van der Waals surface area contributed by atoms with E-state index < -0.39 is 0 Å². The summed E-state index contributed by atoms with van der Waals surface area (Å²) in [5.74, 6) is 3.81. The van der Waals surface area contributed by atoms with Gasteiger partial charge in [0.15, 0.2) is 5.75 Å². The lowest BCUT2D eigenvalue weighted by Crippen LogP contribution is -2.59. The zero-order chi connectivity index (χ0) is 49.3. The summed E-state index contributed by atoms with van der Waals surface area (Å²) in [6.07, 6.45) is 7.56. The van der Waals surface area contributed by atoms with Crippen molar-refractivity contribution in [3.8, 4) is 45.2 Å². The van der Waals surface area contributed by atoms with Crippen LogP contribution in [0.4, 0.5) is 28.4 Å². The molecule has 14 rings (SSSR count). The molecule has 5 nitrogen and oxygen atoms in total. The minimum absolute atomic E-state index is 0.0973. The summed E-state index contributed by atoms with van der Waals surface area (Å²) in [4.78, 5) is 5.10. The highest BCUT2D eigenvalue weighted by molar-refractivity contribution is 6.99. The Bertz CT molecular complexity index is 3700. The van der Waals surface area contributed by atoms with Gasteiger partial charge >= 0.3 is 0 Å². The first-order chi connectivity index (χ1) is 35.5. The molecule has 0 amide bonds. The van der Waals surface area contributed by atoms with Crippen molar-refractivity contribution >= 4 is 62.4 Å². The molecule has 2 aliphatic carbocycles. The Kier molecular flexibility index (Phi) is 9.90. The maximum absolute atomic E-state index is 7.48. The van der Waals surface area contributed by atoms with Crippen LogP contribution in [0.5, 0.6) is 17.2 Å². The van der Waals surface area contributed by atoms with Crippen LogP contribution in [0.3, 0.4) is 0 Å². The van der Waals surface area contributed by atoms with Gasteiger partial charge in [0.1, 0.15) is 17.3 Å². The van der Waals surface area contributed by atoms with Crippen molar-refractivity contribution in [2.24, 2.45) is 0 Å². The SMILES string of the molecule is CC(C)(C)c1cc(-c2ccccc2)c(N2c3cc(-n4c5c(c6ccccc64)CCC5)ccc3B3c4ccc(N5C6=C(CCCC6)Oc6ccccc65)cc4Oc4cc(C(C)(C)C)cc2c43)c(-c2ccccc2)c1. The molecule has 0 fully saturated rings. The molecule has 6 heteroatoms. The molecule has 358 valence electrons. The lowest BCUT2D eigenvalue weighted by atomic mass is 9.34. The van der Waals surface area contributed by atoms with E-state index >= 15 is 0 Å². The monoisotopic (exact) mass is 949 g/mol. The number of aromatic nitrogens is 1. The molecule has 4 heterocycles. The van der Waals surface area contributed by atoms with Gasteiger partial charge in [0.05, 0.1) is 22.6 Å². The molecular formula is C67H60BN3O2. The zero-order valence-electron chi connectivity index (χ0n) is 42.9. The number of aryl methyl sites for hydroxylation is 1. The third-order valence-corrected chi connectivity index (χ3v) is 16.4. The van der Waals surface area contributed by atoms with Crippen molar-refractivity contribution in [2.75, 3.05) is 9.80 Å². The second-order valence-corrected chi connectivity index (χ2v) is 23.0. The fourth-order valence-electron chi connectivity index (χ4n) is 12.8. The first-order valence-electron chi connectivity index (χ1n) is 26.6. The number of hydrogen-bond donors (Lipinski definition) is 0. The van der Waals surface area contributed by atoms with Crippen LogP contribution in [0.2, 0.25) is 0 Å². The van der Waals surface area contributed by atoms with Gasteiger partial charge < -0.3 is 23.8 Å². The first kappa shape index (κ1) is 44.0. The van der Waals surface area contributed by atoms with E-state index in [2.05, 4.69) is 226 Å². The van der Waals surface area contributed by atoms with Gasteiger partial charge in [0.25, 0.3) is 6.71 Å². The molecule has 0 bridgehead atoms. The van der Waals surface area contributed by atoms with Gasteiger partial charge in [-0.2, -0.15) is 0 Å². The van der Waals surface area contributed by atoms with Crippen LogP contribution >= 0.6 is 0 Å². The molecule has 0 saturated heterocycles. The average Bonchev–Trinajstić information content (AvgIpc) is 4.01. The van der Waals surface area contributed by atoms with Crippen LogP contribution < -0.4 is 35.7 Å². The molecule has 9 aromatic rings. The number of allylic oxidation sites excluding steroid dienone is 2. The Hall–Kier alpha value is -7.70. The van der Waals surface area contributed by atoms with Crippen molar-refractivity contribution < 1.29 is 9.47 Å². The summed E-state index contributed by atoms with van der Waals surface area (Å²) >= 11 is 0. The molecular weight excluding hydrogens is 890 g/mol. The highest BCUT2D eigenvalue weighted by Crippen LogP contribution is 2.53. The number of hydrogen-bond acceptors (Lipinski definition) is 4. The van der Waals surface area contributed by atoms with Crippen molar-refractivity contribution in [3.63, 3.8) is 0 Å². The summed E-state index contributed by atoms with van der Waals surface area (Å²) in [7, 11) is 0. The second-order valence-electron chi connectivity index (χ2n) is 23.0. The highest BCUT2D eigenvalue weighted by atomic mass is 16.5. The van der Waals surface area contributed by atoms with E-state index in [0.29, 0.717) is 0 Å². The number of ether oxygens (including phenoxy) is 2. The third-order valence-electron chi connectivity index (χ3n) is 16.4. The van der Waals surface area contributed by atoms with E-state index in [-0.39, 0.29) is 17.5 Å². The van der Waals surface area contributed by atoms with E-state index in [1.165, 1.54) is 101 Å². The lowest BCUT2D eigenvalue weighted by Gasteiger charge is -2.43. The smallest absolute Gasteiger partial charge is 0.256 e. The third kappa shape index (κ3) is 6.97. The molecule has 5 aliphatic rings. The second kappa shape index (κ2) is 16.4. The number of nitrogens with zero attached hydrogens (tertiary/aromatic N) is 3. The molecule has 3 aliphatic heterocycles. The Morgan fingerprint density at radius 2 is 1.12 bits per heavy atom. The molecule has 0 spiro atoms. The van der Waals surface area contributed by atoms with Crippen LogP contribution in [0, 0.1) is 0 Å². The molecule has 0 N–H and O–H groups in total. The Labute approximate surface area is 430 Å². The number of anilines is 5. The van der Waals surface area contributed by atoms with Gasteiger partial charge in [-0.25, -0.2) is 0 Å². The molecule has 0 saturated carbocycles. The summed E-state index contributed by atoms with van der Waals surface area (Å²) < 4.78 is 16.7. The fourth-order valence-corrected chi connectivity index (χ4v) is 12.8. The number of para-hydroxylation sites is 3. The van der Waals surface area contributed by atoms with Gasteiger partial charge in [-0.05, 0) is 154 Å². The van der Waals surface area contributed by atoms with E-state index in [9.17, 15) is 0 Å². The normalized spacial score (nSPS) is 15.5. The Balaban J connectivity index is 1.07. The fraction of sp³-hybridized carbons (Fsp3) is 0.224. The average molecular weight is 950 g/mol. The van der Waals surface area contributed by atoms with Crippen LogP contribution in [0.1, 0.15) is 96.0 Å². The van der Waals surface area contributed by atoms with E-state index in [1.54, 1.807) is 0 Å². The summed E-state index contributed by atoms with van der Waals surface area (Å²) in [6.45, 7) is 13.9. The summed E-state index contributed by atoms with van der Waals surface area (Å²) in [6, 6.07) is 63.9. The molecule has 73 heavy (non-hydrogen) atoms. The topological polar surface area (TPSA) is 29.9 Å². The van der Waals surface area contributed by atoms with Gasteiger partial charge in [0, 0.05) is 57.4 Å². The van der Waals surface area contributed by atoms with Crippen LogP contribution in [-0.4, -0.2) is 11.3 Å². The van der Waals surface area contributed by atoms with Gasteiger partial charge in [0.2, 0.25) is 0 Å². The van der Waals surface area contributed by atoms with Crippen molar-refractivity contribution in [2.45, 2.75) is 97.3 Å². The summed E-state index contributed by atoms with van der Waals surface area (Å²) in [5.41, 5.74) is 23.0.